The van der Waals surface area contributed by atoms with Gasteiger partial charge in [0.15, 0.2) is 11.5 Å². The molecule has 1 heterocycles. The van der Waals surface area contributed by atoms with Gasteiger partial charge in [-0.2, -0.15) is 0 Å². The fraction of sp³-hybridized carbons (Fsp3) is 0.650. The topological polar surface area (TPSA) is 48.0 Å². The average Bonchev–Trinajstić information content (AvgIpc) is 2.63. The van der Waals surface area contributed by atoms with Gasteiger partial charge in [-0.15, -0.1) is 0 Å². The quantitative estimate of drug-likeness (QED) is 0.702. The zero-order chi connectivity index (χ0) is 18.2. The van der Waals surface area contributed by atoms with Crippen molar-refractivity contribution in [2.45, 2.75) is 59.4 Å². The number of amides is 1. The fourth-order valence-corrected chi connectivity index (χ4v) is 3.37. The summed E-state index contributed by atoms with van der Waals surface area (Å²) in [6.07, 6.45) is 4.32. The molecule has 1 aliphatic rings. The molecule has 1 aromatic carbocycles. The highest BCUT2D eigenvalue weighted by Crippen LogP contribution is 2.39. The largest absolute Gasteiger partial charge is 0.490 e. The third-order valence-corrected chi connectivity index (χ3v) is 4.52. The summed E-state index contributed by atoms with van der Waals surface area (Å²) in [4.78, 5) is 15.1. The summed E-state index contributed by atoms with van der Waals surface area (Å²) in [5.74, 6) is 1.78. The third-order valence-electron chi connectivity index (χ3n) is 4.52. The van der Waals surface area contributed by atoms with E-state index in [9.17, 15) is 4.79 Å². The maximum atomic E-state index is 13.1. The minimum absolute atomic E-state index is 0.0523. The molecular weight excluding hydrogens is 318 g/mol. The van der Waals surface area contributed by atoms with E-state index in [4.69, 9.17) is 14.2 Å². The molecule has 5 heteroatoms. The summed E-state index contributed by atoms with van der Waals surface area (Å²) in [6, 6.07) is 3.90. The maximum absolute atomic E-state index is 13.1. The molecule has 0 saturated carbocycles. The van der Waals surface area contributed by atoms with E-state index in [-0.39, 0.29) is 5.91 Å². The first-order valence-corrected chi connectivity index (χ1v) is 9.53. The van der Waals surface area contributed by atoms with Crippen LogP contribution in [0.1, 0.15) is 63.7 Å². The molecule has 1 aliphatic heterocycles. The fourth-order valence-electron chi connectivity index (χ4n) is 3.37. The molecular formula is C20H31NO4. The number of hydrogen-bond donors (Lipinski definition) is 0. The number of ether oxygens (including phenoxy) is 3. The Kier molecular flexibility index (Phi) is 7.41. The second-order valence-electron chi connectivity index (χ2n) is 6.16. The number of nitrogens with zero attached hydrogens (tertiary/aromatic N) is 1. The van der Waals surface area contributed by atoms with Crippen molar-refractivity contribution in [1.82, 2.24) is 4.90 Å². The SMILES string of the molecule is CCOc1cc(C(=O)N2CCCCC2CC)cc(OCC)c1OCC. The molecule has 2 rings (SSSR count). The predicted molar refractivity (Wildman–Crippen MR) is 98.9 cm³/mol. The number of rotatable bonds is 8. The highest BCUT2D eigenvalue weighted by Gasteiger charge is 2.28. The highest BCUT2D eigenvalue weighted by atomic mass is 16.5. The predicted octanol–water partition coefficient (Wildman–Crippen LogP) is 4.29. The van der Waals surface area contributed by atoms with Crippen molar-refractivity contribution in [2.75, 3.05) is 26.4 Å². The lowest BCUT2D eigenvalue weighted by molar-refractivity contribution is 0.0607. The monoisotopic (exact) mass is 349 g/mol. The minimum Gasteiger partial charge on any atom is -0.490 e. The molecule has 1 amide bonds. The standard InChI is InChI=1S/C20H31NO4/c1-5-16-11-9-10-12-21(16)20(22)15-13-17(23-6-2)19(25-8-4)18(14-15)24-7-3/h13-14,16H,5-12H2,1-4H3. The van der Waals surface area contributed by atoms with Crippen molar-refractivity contribution in [1.29, 1.82) is 0 Å². The van der Waals surface area contributed by atoms with Crippen LogP contribution in [0.3, 0.4) is 0 Å². The number of carbonyl (C=O) groups excluding carboxylic acids is 1. The third kappa shape index (κ3) is 4.59. The molecule has 140 valence electrons. The second kappa shape index (κ2) is 9.54. The van der Waals surface area contributed by atoms with Crippen molar-refractivity contribution in [3.8, 4) is 17.2 Å². The molecule has 5 nitrogen and oxygen atoms in total. The molecule has 0 spiro atoms. The first-order chi connectivity index (χ1) is 12.2. The molecule has 1 aromatic rings. The molecule has 25 heavy (non-hydrogen) atoms. The Morgan fingerprint density at radius 3 is 2.12 bits per heavy atom. The number of piperidine rings is 1. The molecule has 1 fully saturated rings. The summed E-state index contributed by atoms with van der Waals surface area (Å²) in [6.45, 7) is 10.2. The van der Waals surface area contributed by atoms with Gasteiger partial charge in [0.2, 0.25) is 5.75 Å². The van der Waals surface area contributed by atoms with E-state index in [0.717, 1.165) is 25.8 Å². The summed E-state index contributed by atoms with van der Waals surface area (Å²) < 4.78 is 17.2. The Balaban J connectivity index is 2.40. The molecule has 0 radical (unpaired) electrons. The molecule has 0 N–H and O–H groups in total. The number of hydrogen-bond acceptors (Lipinski definition) is 4. The summed E-state index contributed by atoms with van der Waals surface area (Å²) in [7, 11) is 0. The Hall–Kier alpha value is -1.91. The maximum Gasteiger partial charge on any atom is 0.254 e. The van der Waals surface area contributed by atoms with Gasteiger partial charge >= 0.3 is 0 Å². The van der Waals surface area contributed by atoms with E-state index in [1.165, 1.54) is 6.42 Å². The van der Waals surface area contributed by atoms with Crippen LogP contribution in [0.2, 0.25) is 0 Å². The molecule has 1 unspecified atom stereocenters. The van der Waals surface area contributed by atoms with Crippen molar-refractivity contribution >= 4 is 5.91 Å². The van der Waals surface area contributed by atoms with Gasteiger partial charge in [-0.3, -0.25) is 4.79 Å². The van der Waals surface area contributed by atoms with Gasteiger partial charge in [-0.1, -0.05) is 6.92 Å². The number of benzene rings is 1. The smallest absolute Gasteiger partial charge is 0.254 e. The average molecular weight is 349 g/mol. The van der Waals surface area contributed by atoms with Crippen molar-refractivity contribution in [3.05, 3.63) is 17.7 Å². The lowest BCUT2D eigenvalue weighted by Gasteiger charge is -2.35. The van der Waals surface area contributed by atoms with Crippen LogP contribution in [0.5, 0.6) is 17.2 Å². The van der Waals surface area contributed by atoms with Gasteiger partial charge in [0, 0.05) is 18.2 Å². The summed E-state index contributed by atoms with van der Waals surface area (Å²) in [5, 5.41) is 0. The normalized spacial score (nSPS) is 17.3. The van der Waals surface area contributed by atoms with Crippen LogP contribution in [-0.4, -0.2) is 43.2 Å². The van der Waals surface area contributed by atoms with Crippen molar-refractivity contribution in [2.24, 2.45) is 0 Å². The number of likely N-dealkylation sites (tertiary alicyclic amines) is 1. The zero-order valence-electron chi connectivity index (χ0n) is 16.0. The summed E-state index contributed by atoms with van der Waals surface area (Å²) in [5.41, 5.74) is 0.607. The van der Waals surface area contributed by atoms with Gasteiger partial charge in [-0.05, 0) is 58.6 Å². The van der Waals surface area contributed by atoms with Crippen LogP contribution in [0, 0.1) is 0 Å². The Morgan fingerprint density at radius 2 is 1.60 bits per heavy atom. The molecule has 0 aromatic heterocycles. The van der Waals surface area contributed by atoms with E-state index in [0.29, 0.717) is 48.7 Å². The van der Waals surface area contributed by atoms with Crippen molar-refractivity contribution < 1.29 is 19.0 Å². The van der Waals surface area contributed by atoms with Gasteiger partial charge in [0.25, 0.3) is 5.91 Å². The minimum atomic E-state index is 0.0523. The van der Waals surface area contributed by atoms with Gasteiger partial charge in [-0.25, -0.2) is 0 Å². The van der Waals surface area contributed by atoms with Crippen LogP contribution in [-0.2, 0) is 0 Å². The van der Waals surface area contributed by atoms with E-state index in [1.54, 1.807) is 12.1 Å². The van der Waals surface area contributed by atoms with Crippen LogP contribution >= 0.6 is 0 Å². The van der Waals surface area contributed by atoms with Gasteiger partial charge in [0.1, 0.15) is 0 Å². The lowest BCUT2D eigenvalue weighted by Crippen LogP contribution is -2.43. The number of carbonyl (C=O) groups is 1. The summed E-state index contributed by atoms with van der Waals surface area (Å²) >= 11 is 0. The van der Waals surface area contributed by atoms with Gasteiger partial charge in [0.05, 0.1) is 19.8 Å². The van der Waals surface area contributed by atoms with Crippen LogP contribution in [0.4, 0.5) is 0 Å². The first-order valence-electron chi connectivity index (χ1n) is 9.53. The Morgan fingerprint density at radius 1 is 1.00 bits per heavy atom. The van der Waals surface area contributed by atoms with E-state index < -0.39 is 0 Å². The van der Waals surface area contributed by atoms with Gasteiger partial charge < -0.3 is 19.1 Å². The highest BCUT2D eigenvalue weighted by molar-refractivity contribution is 5.96. The van der Waals surface area contributed by atoms with E-state index in [1.807, 2.05) is 25.7 Å². The lowest BCUT2D eigenvalue weighted by atomic mass is 9.98. The molecule has 1 saturated heterocycles. The van der Waals surface area contributed by atoms with Crippen LogP contribution in [0.15, 0.2) is 12.1 Å². The van der Waals surface area contributed by atoms with E-state index >= 15 is 0 Å². The van der Waals surface area contributed by atoms with Crippen LogP contribution in [0.25, 0.3) is 0 Å². The zero-order valence-corrected chi connectivity index (χ0v) is 16.0. The Labute approximate surface area is 151 Å². The molecule has 1 atom stereocenters. The molecule has 0 aliphatic carbocycles. The Bertz CT molecular complexity index is 546. The first kappa shape index (κ1) is 19.4. The van der Waals surface area contributed by atoms with Crippen molar-refractivity contribution in [3.63, 3.8) is 0 Å². The molecule has 0 bridgehead atoms. The van der Waals surface area contributed by atoms with Crippen LogP contribution < -0.4 is 14.2 Å². The second-order valence-corrected chi connectivity index (χ2v) is 6.16. The van der Waals surface area contributed by atoms with E-state index in [2.05, 4.69) is 6.92 Å².